The normalized spacial score (nSPS) is 12.8. The highest BCUT2D eigenvalue weighted by Crippen LogP contribution is 2.50. The lowest BCUT2D eigenvalue weighted by Gasteiger charge is -2.22. The largest absolute Gasteiger partial charge is 0.514 e. The number of hydrogen-bond acceptors (Lipinski definition) is 10. The van der Waals surface area contributed by atoms with Crippen LogP contribution in [0.15, 0.2) is 84.9 Å². The van der Waals surface area contributed by atoms with Crippen LogP contribution in [0.5, 0.6) is 23.0 Å². The molecule has 0 heterocycles. The van der Waals surface area contributed by atoms with Gasteiger partial charge in [-0.1, -0.05) is 26.0 Å². The summed E-state index contributed by atoms with van der Waals surface area (Å²) in [6.07, 6.45) is -1.98. The summed E-state index contributed by atoms with van der Waals surface area (Å²) in [5.74, 6) is 0.0595. The molecule has 48 heavy (non-hydrogen) atoms. The van der Waals surface area contributed by atoms with Crippen molar-refractivity contribution in [2.75, 3.05) is 0 Å². The fourth-order valence-electron chi connectivity index (χ4n) is 5.15. The molecule has 0 bridgehead atoms. The molecular formula is C38H36O10. The zero-order valence-corrected chi connectivity index (χ0v) is 27.7. The summed E-state index contributed by atoms with van der Waals surface area (Å²) < 4.78 is 31.8. The van der Waals surface area contributed by atoms with Crippen molar-refractivity contribution in [2.45, 2.75) is 65.6 Å². The number of ether oxygens (including phenoxy) is 6. The van der Waals surface area contributed by atoms with Crippen molar-refractivity contribution in [3.8, 4) is 34.1 Å². The summed E-state index contributed by atoms with van der Waals surface area (Å²) >= 11 is 0. The SMILES string of the molecule is CC(C)OC(=O)Oc1ccc(C(=O)Oc2ccc3c(c2)C(C)(C)c2cc(OC(=O)c4ccc(OC(=O)OC(C)(C)C)cc4)ccc2-3)cc1. The topological polar surface area (TPSA) is 124 Å². The van der Waals surface area contributed by atoms with E-state index in [1.54, 1.807) is 46.8 Å². The fraction of sp³-hybridized carbons (Fsp3) is 0.263. The Morgan fingerprint density at radius 2 is 0.958 bits per heavy atom. The number of esters is 2. The molecule has 248 valence electrons. The van der Waals surface area contributed by atoms with Gasteiger partial charge in [-0.3, -0.25) is 0 Å². The Morgan fingerprint density at radius 3 is 1.35 bits per heavy atom. The van der Waals surface area contributed by atoms with E-state index in [0.29, 0.717) is 11.5 Å². The molecule has 10 heteroatoms. The third-order valence-electron chi connectivity index (χ3n) is 7.34. The van der Waals surface area contributed by atoms with Crippen LogP contribution in [0.25, 0.3) is 11.1 Å². The second-order valence-electron chi connectivity index (χ2n) is 13.0. The lowest BCUT2D eigenvalue weighted by atomic mass is 9.82. The van der Waals surface area contributed by atoms with E-state index in [4.69, 9.17) is 28.4 Å². The maximum Gasteiger partial charge on any atom is 0.514 e. The van der Waals surface area contributed by atoms with Crippen LogP contribution >= 0.6 is 0 Å². The van der Waals surface area contributed by atoms with E-state index >= 15 is 0 Å². The number of fused-ring (bicyclic) bond motifs is 3. The quantitative estimate of drug-likeness (QED) is 0.109. The standard InChI is InChI=1S/C38H36O10/c1-22(2)43-35(41)46-25-12-8-23(9-13-25)33(39)44-27-16-18-29-30-19-17-28(21-32(30)38(6,7)31(29)20-27)45-34(40)24-10-14-26(15-11-24)47-36(42)48-37(3,4)5/h8-22H,1-7H3. The minimum absolute atomic E-state index is 0.233. The summed E-state index contributed by atoms with van der Waals surface area (Å²) in [6.45, 7) is 12.7. The first-order chi connectivity index (χ1) is 22.6. The number of benzene rings is 4. The Hall–Kier alpha value is -5.64. The lowest BCUT2D eigenvalue weighted by Crippen LogP contribution is -2.25. The van der Waals surface area contributed by atoms with Gasteiger partial charge in [0.1, 0.15) is 28.6 Å². The molecule has 1 aliphatic carbocycles. The Bertz CT molecular complexity index is 1860. The molecule has 10 nitrogen and oxygen atoms in total. The molecule has 0 aromatic heterocycles. The summed E-state index contributed by atoms with van der Waals surface area (Å²) in [7, 11) is 0. The number of carbonyl (C=O) groups excluding carboxylic acids is 4. The van der Waals surface area contributed by atoms with Gasteiger partial charge < -0.3 is 28.4 Å². The molecule has 4 aromatic rings. The highest BCUT2D eigenvalue weighted by molar-refractivity contribution is 5.92. The molecule has 4 aromatic carbocycles. The summed E-state index contributed by atoms with van der Waals surface area (Å²) in [6, 6.07) is 22.9. The summed E-state index contributed by atoms with van der Waals surface area (Å²) in [5.41, 5.74) is 3.19. The van der Waals surface area contributed by atoms with E-state index in [0.717, 1.165) is 22.3 Å². The molecule has 0 aliphatic heterocycles. The predicted molar refractivity (Wildman–Crippen MR) is 176 cm³/mol. The van der Waals surface area contributed by atoms with Gasteiger partial charge in [-0.25, -0.2) is 19.2 Å². The van der Waals surface area contributed by atoms with Crippen LogP contribution in [0, 0.1) is 0 Å². The van der Waals surface area contributed by atoms with Crippen LogP contribution in [0.1, 0.15) is 80.3 Å². The molecule has 0 spiro atoms. The van der Waals surface area contributed by atoms with Gasteiger partial charge in [-0.05, 0) is 130 Å². The minimum atomic E-state index is -0.839. The van der Waals surface area contributed by atoms with Crippen molar-refractivity contribution >= 4 is 24.2 Å². The first-order valence-electron chi connectivity index (χ1n) is 15.3. The lowest BCUT2D eigenvalue weighted by molar-refractivity contribution is 0.0205. The van der Waals surface area contributed by atoms with Crippen molar-refractivity contribution in [1.29, 1.82) is 0 Å². The van der Waals surface area contributed by atoms with Crippen LogP contribution in [0.4, 0.5) is 9.59 Å². The first kappa shape index (κ1) is 33.7. The molecule has 0 atom stereocenters. The molecule has 0 unspecified atom stereocenters. The van der Waals surface area contributed by atoms with Crippen molar-refractivity contribution < 1.29 is 47.6 Å². The van der Waals surface area contributed by atoms with Gasteiger partial charge in [0.25, 0.3) is 0 Å². The number of hydrogen-bond donors (Lipinski definition) is 0. The second-order valence-corrected chi connectivity index (χ2v) is 13.0. The van der Waals surface area contributed by atoms with Crippen molar-refractivity contribution in [1.82, 2.24) is 0 Å². The summed E-state index contributed by atoms with van der Waals surface area (Å²) in [5, 5.41) is 0. The molecule has 0 N–H and O–H groups in total. The molecule has 0 saturated heterocycles. The average Bonchev–Trinajstić information content (AvgIpc) is 3.21. The van der Waals surface area contributed by atoms with E-state index in [9.17, 15) is 19.2 Å². The Kier molecular flexibility index (Phi) is 9.29. The average molecular weight is 653 g/mol. The fourth-order valence-corrected chi connectivity index (χ4v) is 5.15. The van der Waals surface area contributed by atoms with Crippen LogP contribution in [0.3, 0.4) is 0 Å². The highest BCUT2D eigenvalue weighted by atomic mass is 16.7. The first-order valence-corrected chi connectivity index (χ1v) is 15.3. The van der Waals surface area contributed by atoms with Gasteiger partial charge in [0, 0.05) is 5.41 Å². The van der Waals surface area contributed by atoms with E-state index in [1.165, 1.54) is 48.5 Å². The molecule has 1 aliphatic rings. The van der Waals surface area contributed by atoms with Gasteiger partial charge in [-0.15, -0.1) is 0 Å². The molecule has 5 rings (SSSR count). The Labute approximate surface area is 278 Å². The van der Waals surface area contributed by atoms with E-state index in [2.05, 4.69) is 0 Å². The number of carbonyl (C=O) groups is 4. The third-order valence-corrected chi connectivity index (χ3v) is 7.34. The van der Waals surface area contributed by atoms with Gasteiger partial charge >= 0.3 is 24.2 Å². The van der Waals surface area contributed by atoms with Gasteiger partial charge in [-0.2, -0.15) is 0 Å². The Balaban J connectivity index is 1.24. The van der Waals surface area contributed by atoms with Gasteiger partial charge in [0.2, 0.25) is 0 Å². The molecule has 0 amide bonds. The van der Waals surface area contributed by atoms with E-state index < -0.39 is 35.3 Å². The summed E-state index contributed by atoms with van der Waals surface area (Å²) in [4.78, 5) is 49.5. The highest BCUT2D eigenvalue weighted by Gasteiger charge is 2.36. The Morgan fingerprint density at radius 1 is 0.562 bits per heavy atom. The van der Waals surface area contributed by atoms with Gasteiger partial charge in [0.05, 0.1) is 17.2 Å². The molecule has 0 saturated carbocycles. The number of rotatable bonds is 7. The maximum atomic E-state index is 13.0. The van der Waals surface area contributed by atoms with Crippen LogP contribution in [-0.2, 0) is 14.9 Å². The second kappa shape index (κ2) is 13.2. The van der Waals surface area contributed by atoms with Crippen LogP contribution < -0.4 is 18.9 Å². The van der Waals surface area contributed by atoms with E-state index in [1.807, 2.05) is 38.1 Å². The van der Waals surface area contributed by atoms with Crippen molar-refractivity contribution in [2.24, 2.45) is 0 Å². The van der Waals surface area contributed by atoms with Crippen molar-refractivity contribution in [3.05, 3.63) is 107 Å². The maximum absolute atomic E-state index is 13.0. The molecular weight excluding hydrogens is 616 g/mol. The minimum Gasteiger partial charge on any atom is -0.431 e. The molecule has 0 fully saturated rings. The third kappa shape index (κ3) is 7.83. The van der Waals surface area contributed by atoms with Crippen LogP contribution in [0.2, 0.25) is 0 Å². The van der Waals surface area contributed by atoms with Crippen molar-refractivity contribution in [3.63, 3.8) is 0 Å². The van der Waals surface area contributed by atoms with Crippen LogP contribution in [-0.4, -0.2) is 36.0 Å². The zero-order chi connectivity index (χ0) is 34.8. The smallest absolute Gasteiger partial charge is 0.431 e. The monoisotopic (exact) mass is 652 g/mol. The molecule has 0 radical (unpaired) electrons. The van der Waals surface area contributed by atoms with E-state index in [-0.39, 0.29) is 28.7 Å². The van der Waals surface area contributed by atoms with Gasteiger partial charge in [0.15, 0.2) is 0 Å². The zero-order valence-electron chi connectivity index (χ0n) is 27.7. The predicted octanol–water partition coefficient (Wildman–Crippen LogP) is 8.67.